The minimum Gasteiger partial charge on any atom is -0.202 e. The summed E-state index contributed by atoms with van der Waals surface area (Å²) in [6.07, 6.45) is 10.3. The van der Waals surface area contributed by atoms with Gasteiger partial charge in [0.15, 0.2) is 11.4 Å². The van der Waals surface area contributed by atoms with Gasteiger partial charge in [0.25, 0.3) is 0 Å². The first-order valence-electron chi connectivity index (χ1n) is 11.5. The van der Waals surface area contributed by atoms with Crippen molar-refractivity contribution in [3.63, 3.8) is 0 Å². The Bertz CT molecular complexity index is 648. The zero-order valence-electron chi connectivity index (χ0n) is 20.1. The predicted molar refractivity (Wildman–Crippen MR) is 133 cm³/mol. The first-order valence-corrected chi connectivity index (χ1v) is 14.9. The van der Waals surface area contributed by atoms with Gasteiger partial charge in [-0.2, -0.15) is 0 Å². The molecule has 0 spiro atoms. The van der Waals surface area contributed by atoms with Crippen molar-refractivity contribution < 1.29 is 4.57 Å². The Hall–Kier alpha value is 0.300. The van der Waals surface area contributed by atoms with E-state index in [2.05, 4.69) is 78.3 Å². The van der Waals surface area contributed by atoms with Crippen molar-refractivity contribution >= 4 is 27.4 Å². The molecular weight excluding hydrogens is 412 g/mol. The van der Waals surface area contributed by atoms with Gasteiger partial charge in [0.1, 0.15) is 7.05 Å². The number of hydrogen-bond donors (Lipinski definition) is 0. The maximum atomic E-state index is 7.12. The van der Waals surface area contributed by atoms with Crippen LogP contribution in [0.5, 0.6) is 0 Å². The van der Waals surface area contributed by atoms with Crippen molar-refractivity contribution in [3.05, 3.63) is 29.6 Å². The van der Waals surface area contributed by atoms with Gasteiger partial charge < -0.3 is 0 Å². The van der Waals surface area contributed by atoms with Crippen LogP contribution in [0.2, 0.25) is 0 Å². The van der Waals surface area contributed by atoms with Gasteiger partial charge in [0, 0.05) is 12.1 Å². The summed E-state index contributed by atoms with van der Waals surface area (Å²) >= 11 is 7.12. The zero-order valence-corrected chi connectivity index (χ0v) is 22.7. The van der Waals surface area contributed by atoms with Crippen molar-refractivity contribution in [2.75, 3.05) is 0 Å². The second kappa shape index (κ2) is 8.34. The van der Waals surface area contributed by atoms with Gasteiger partial charge in [-0.3, -0.25) is 0 Å². The number of halogens is 1. The fourth-order valence-corrected chi connectivity index (χ4v) is 14.4. The molecule has 0 bridgehead atoms. The van der Waals surface area contributed by atoms with Gasteiger partial charge in [-0.05, 0) is 54.1 Å². The number of alkyl halides is 1. The Morgan fingerprint density at radius 3 is 1.66 bits per heavy atom. The Labute approximate surface area is 187 Å². The van der Waals surface area contributed by atoms with Crippen LogP contribution in [-0.2, 0) is 19.4 Å². The number of rotatable bonds is 4. The average molecular weight is 455 g/mol. The topological polar surface area (TPSA) is 3.88 Å². The first kappa shape index (κ1) is 24.0. The van der Waals surface area contributed by atoms with Crippen LogP contribution in [0.25, 0.3) is 0 Å². The third-order valence-corrected chi connectivity index (χ3v) is 16.3. The molecule has 1 nitrogen and oxygen atoms in total. The summed E-state index contributed by atoms with van der Waals surface area (Å²) in [5.41, 5.74) is 3.01. The lowest BCUT2D eigenvalue weighted by Crippen LogP contribution is -2.42. The second-order valence-electron chi connectivity index (χ2n) is 11.5. The normalized spacial score (nSPS) is 31.6. The first-order chi connectivity index (χ1) is 13.3. The lowest BCUT2D eigenvalue weighted by Gasteiger charge is -2.49. The quantitative estimate of drug-likeness (QED) is 0.245. The molecule has 0 aromatic carbocycles. The Kier molecular flexibility index (Phi) is 6.89. The molecule has 2 unspecified atom stereocenters. The lowest BCUT2D eigenvalue weighted by molar-refractivity contribution is -0.684. The Morgan fingerprint density at radius 1 is 0.759 bits per heavy atom. The molecule has 4 heteroatoms. The van der Waals surface area contributed by atoms with Crippen LogP contribution in [-0.4, -0.2) is 20.1 Å². The molecular formula is C25H43ClNP2+. The van der Waals surface area contributed by atoms with Crippen molar-refractivity contribution in [1.82, 2.24) is 0 Å². The fourth-order valence-electron chi connectivity index (χ4n) is 5.91. The van der Waals surface area contributed by atoms with E-state index in [-0.39, 0.29) is 20.5 Å². The highest BCUT2D eigenvalue weighted by atomic mass is 35.5. The van der Waals surface area contributed by atoms with E-state index in [1.165, 1.54) is 56.1 Å². The fraction of sp³-hybridized carbons (Fsp3) is 0.800. The molecule has 2 fully saturated rings. The summed E-state index contributed by atoms with van der Waals surface area (Å²) in [6.45, 7) is 17.3. The highest BCUT2D eigenvalue weighted by molar-refractivity contribution is 7.62. The van der Waals surface area contributed by atoms with E-state index < -0.39 is 0 Å². The molecule has 1 aromatic rings. The van der Waals surface area contributed by atoms with Crippen LogP contribution in [0.4, 0.5) is 0 Å². The molecule has 1 aromatic heterocycles. The average Bonchev–Trinajstić information content (AvgIpc) is 2.56. The number of aromatic nitrogens is 1. The number of pyridine rings is 1. The van der Waals surface area contributed by atoms with Crippen LogP contribution in [0.3, 0.4) is 0 Å². The van der Waals surface area contributed by atoms with E-state index in [1.54, 1.807) is 0 Å². The van der Waals surface area contributed by atoms with Gasteiger partial charge in [-0.25, -0.2) is 4.57 Å². The molecule has 2 aliphatic heterocycles. The van der Waals surface area contributed by atoms with Gasteiger partial charge in [-0.1, -0.05) is 70.2 Å². The van der Waals surface area contributed by atoms with E-state index in [9.17, 15) is 0 Å². The summed E-state index contributed by atoms with van der Waals surface area (Å²) in [5, 5.41) is 1.32. The smallest absolute Gasteiger partial charge is 0.185 e. The zero-order chi connectivity index (χ0) is 21.7. The van der Waals surface area contributed by atoms with Crippen molar-refractivity contribution in [3.8, 4) is 0 Å². The Morgan fingerprint density at radius 2 is 1.17 bits per heavy atom. The molecule has 0 aliphatic carbocycles. The molecule has 0 saturated carbocycles. The van der Waals surface area contributed by atoms with Crippen molar-refractivity contribution in [2.45, 2.75) is 119 Å². The highest BCUT2D eigenvalue weighted by Crippen LogP contribution is 2.69. The standard InChI is InChI=1S/C25H43ClNP2/c1-22(2)14-10-15-23(3,4)28(22)18-20-12-9-13-21(27(20)8)19-29-24(5,6)16-11-17-25(29,7)26/h9,12-13H,10-11,14-19H2,1-8H3/q+1. The predicted octanol–water partition coefficient (Wildman–Crippen LogP) is 8.13. The van der Waals surface area contributed by atoms with Crippen molar-refractivity contribution in [2.24, 2.45) is 7.05 Å². The van der Waals surface area contributed by atoms with Gasteiger partial charge in [-0.15, -0.1) is 11.6 Å². The molecule has 2 atom stereocenters. The lowest BCUT2D eigenvalue weighted by atomic mass is 9.98. The number of hydrogen-bond acceptors (Lipinski definition) is 0. The van der Waals surface area contributed by atoms with E-state index in [4.69, 9.17) is 11.6 Å². The molecule has 3 heterocycles. The third-order valence-electron chi connectivity index (χ3n) is 7.83. The maximum Gasteiger partial charge on any atom is 0.185 e. The van der Waals surface area contributed by atoms with E-state index in [1.807, 2.05) is 0 Å². The molecule has 0 N–H and O–H groups in total. The summed E-state index contributed by atoms with van der Waals surface area (Å²) in [7, 11) is 1.97. The maximum absolute atomic E-state index is 7.12. The van der Waals surface area contributed by atoms with Crippen molar-refractivity contribution in [1.29, 1.82) is 0 Å². The molecule has 2 saturated heterocycles. The van der Waals surface area contributed by atoms with Gasteiger partial charge >= 0.3 is 0 Å². The Balaban J connectivity index is 1.88. The molecule has 29 heavy (non-hydrogen) atoms. The van der Waals surface area contributed by atoms with E-state index in [0.717, 1.165) is 6.16 Å². The third kappa shape index (κ3) is 5.04. The van der Waals surface area contributed by atoms with Gasteiger partial charge in [0.05, 0.1) is 16.9 Å². The highest BCUT2D eigenvalue weighted by Gasteiger charge is 2.47. The van der Waals surface area contributed by atoms with E-state index in [0.29, 0.717) is 15.5 Å². The molecule has 0 amide bonds. The molecule has 164 valence electrons. The minimum absolute atomic E-state index is 0.0302. The summed E-state index contributed by atoms with van der Waals surface area (Å²) < 4.78 is 2.50. The van der Waals surface area contributed by atoms with Crippen LogP contribution in [0, 0.1) is 0 Å². The largest absolute Gasteiger partial charge is 0.202 e. The van der Waals surface area contributed by atoms with Crippen LogP contribution < -0.4 is 4.57 Å². The SMILES string of the molecule is C[n+]1c(CP2C(C)(C)CCCC2(C)C)cccc1CP1C(C)(C)CCCC1(C)Cl. The van der Waals surface area contributed by atoms with Crippen LogP contribution in [0.15, 0.2) is 18.2 Å². The van der Waals surface area contributed by atoms with Crippen LogP contribution >= 0.6 is 27.4 Å². The number of nitrogens with zero attached hydrogens (tertiary/aromatic N) is 1. The minimum atomic E-state index is -0.271. The molecule has 3 rings (SSSR count). The summed E-state index contributed by atoms with van der Waals surface area (Å²) in [6, 6.07) is 7.04. The second-order valence-corrected chi connectivity index (χ2v) is 19.6. The monoisotopic (exact) mass is 454 g/mol. The van der Waals surface area contributed by atoms with E-state index >= 15 is 0 Å². The summed E-state index contributed by atoms with van der Waals surface area (Å²) in [5.74, 6) is 0. The molecule has 0 radical (unpaired) electrons. The molecule has 2 aliphatic rings. The van der Waals surface area contributed by atoms with Crippen LogP contribution in [0.1, 0.15) is 98.4 Å². The summed E-state index contributed by atoms with van der Waals surface area (Å²) in [4.78, 5) is 0. The van der Waals surface area contributed by atoms with Gasteiger partial charge in [0.2, 0.25) is 0 Å².